The molecule has 0 heterocycles. The van der Waals surface area contributed by atoms with E-state index in [0.29, 0.717) is 22.0 Å². The zero-order valence-electron chi connectivity index (χ0n) is 20.0. The van der Waals surface area contributed by atoms with E-state index in [-0.39, 0.29) is 30.2 Å². The molecular weight excluding hydrogens is 487 g/mol. The SMILES string of the molecule is CC[C@H](C(=O)NC1CCCCC1)N(Cc1c(Cl)cccc1Cl)C(=O)CSCc1ccccc1C. The number of aryl methyl sites for hydroxylation is 1. The number of carbonyl (C=O) groups is 2. The number of nitrogens with one attached hydrogen (secondary N) is 1. The molecule has 0 aliphatic heterocycles. The fraction of sp³-hybridized carbons (Fsp3) is 0.481. The van der Waals surface area contributed by atoms with Gasteiger partial charge in [-0.15, -0.1) is 11.8 Å². The van der Waals surface area contributed by atoms with Crippen LogP contribution in [0.25, 0.3) is 0 Å². The van der Waals surface area contributed by atoms with Crippen molar-refractivity contribution < 1.29 is 9.59 Å². The van der Waals surface area contributed by atoms with E-state index in [4.69, 9.17) is 23.2 Å². The van der Waals surface area contributed by atoms with Crippen LogP contribution in [0, 0.1) is 6.92 Å². The third-order valence-corrected chi connectivity index (χ3v) is 8.15. The molecule has 1 N–H and O–H groups in total. The lowest BCUT2D eigenvalue weighted by Gasteiger charge is -2.33. The standard InChI is InChI=1S/C27H34Cl2N2O2S/c1-3-25(27(33)30-21-12-5-4-6-13-21)31(16-22-23(28)14-9-15-24(22)29)26(32)18-34-17-20-11-8-7-10-19(20)2/h7-11,14-15,21,25H,3-6,12-13,16-18H2,1-2H3,(H,30,33)/t25-/m1/s1. The van der Waals surface area contributed by atoms with Crippen LogP contribution in [-0.4, -0.2) is 34.6 Å². The summed E-state index contributed by atoms with van der Waals surface area (Å²) in [4.78, 5) is 28.5. The van der Waals surface area contributed by atoms with Gasteiger partial charge in [0, 0.05) is 33.9 Å². The van der Waals surface area contributed by atoms with Crippen LogP contribution in [0.3, 0.4) is 0 Å². The van der Waals surface area contributed by atoms with Crippen molar-refractivity contribution in [3.63, 3.8) is 0 Å². The molecule has 1 saturated carbocycles. The van der Waals surface area contributed by atoms with Crippen molar-refractivity contribution in [1.82, 2.24) is 10.2 Å². The molecule has 0 unspecified atom stereocenters. The maximum atomic E-state index is 13.5. The largest absolute Gasteiger partial charge is 0.352 e. The Labute approximate surface area is 217 Å². The van der Waals surface area contributed by atoms with E-state index in [9.17, 15) is 9.59 Å². The zero-order valence-corrected chi connectivity index (χ0v) is 22.3. The van der Waals surface area contributed by atoms with Crippen molar-refractivity contribution >= 4 is 46.8 Å². The highest BCUT2D eigenvalue weighted by molar-refractivity contribution is 7.99. The number of nitrogens with zero attached hydrogens (tertiary/aromatic N) is 1. The zero-order chi connectivity index (χ0) is 24.5. The average molecular weight is 522 g/mol. The second kappa shape index (κ2) is 13.4. The summed E-state index contributed by atoms with van der Waals surface area (Å²) in [5.41, 5.74) is 3.09. The van der Waals surface area contributed by atoms with E-state index in [0.717, 1.165) is 31.4 Å². The van der Waals surface area contributed by atoms with Crippen LogP contribution in [-0.2, 0) is 21.9 Å². The number of benzene rings is 2. The van der Waals surface area contributed by atoms with Crippen molar-refractivity contribution in [2.75, 3.05) is 5.75 Å². The number of rotatable bonds is 10. The van der Waals surface area contributed by atoms with Gasteiger partial charge in [-0.1, -0.05) is 79.7 Å². The Morgan fingerprint density at radius 3 is 2.38 bits per heavy atom. The molecule has 0 saturated heterocycles. The monoisotopic (exact) mass is 520 g/mol. The molecule has 184 valence electrons. The summed E-state index contributed by atoms with van der Waals surface area (Å²) in [5.74, 6) is 0.850. The molecule has 1 aliphatic rings. The third kappa shape index (κ3) is 7.40. The summed E-state index contributed by atoms with van der Waals surface area (Å²) in [6.45, 7) is 4.23. The van der Waals surface area contributed by atoms with Crippen LogP contribution in [0.15, 0.2) is 42.5 Å². The first kappa shape index (κ1) is 26.9. The first-order valence-corrected chi connectivity index (χ1v) is 14.0. The van der Waals surface area contributed by atoms with Crippen LogP contribution in [0.5, 0.6) is 0 Å². The number of hydrogen-bond acceptors (Lipinski definition) is 3. The summed E-state index contributed by atoms with van der Waals surface area (Å²) in [6, 6.07) is 13.1. The van der Waals surface area contributed by atoms with E-state index in [1.54, 1.807) is 34.9 Å². The van der Waals surface area contributed by atoms with Crippen molar-refractivity contribution in [1.29, 1.82) is 0 Å². The highest BCUT2D eigenvalue weighted by atomic mass is 35.5. The van der Waals surface area contributed by atoms with Crippen molar-refractivity contribution in [3.05, 3.63) is 69.2 Å². The maximum Gasteiger partial charge on any atom is 0.243 e. The van der Waals surface area contributed by atoms with Gasteiger partial charge in [0.25, 0.3) is 0 Å². The second-order valence-electron chi connectivity index (χ2n) is 8.91. The molecule has 7 heteroatoms. The van der Waals surface area contributed by atoms with E-state index in [1.165, 1.54) is 17.5 Å². The van der Waals surface area contributed by atoms with Crippen LogP contribution in [0.1, 0.15) is 62.1 Å². The molecule has 0 aromatic heterocycles. The minimum absolute atomic E-state index is 0.0831. The van der Waals surface area contributed by atoms with Crippen molar-refractivity contribution in [2.24, 2.45) is 0 Å². The number of carbonyl (C=O) groups excluding carboxylic acids is 2. The predicted octanol–water partition coefficient (Wildman–Crippen LogP) is 6.79. The van der Waals surface area contributed by atoms with E-state index in [2.05, 4.69) is 24.4 Å². The van der Waals surface area contributed by atoms with E-state index >= 15 is 0 Å². The number of hydrogen-bond donors (Lipinski definition) is 1. The lowest BCUT2D eigenvalue weighted by atomic mass is 9.95. The Morgan fingerprint density at radius 2 is 1.74 bits per heavy atom. The fourth-order valence-electron chi connectivity index (χ4n) is 4.42. The first-order chi connectivity index (χ1) is 16.4. The van der Waals surface area contributed by atoms with Gasteiger partial charge >= 0.3 is 0 Å². The van der Waals surface area contributed by atoms with Gasteiger partial charge < -0.3 is 10.2 Å². The van der Waals surface area contributed by atoms with Gasteiger partial charge in [0.2, 0.25) is 11.8 Å². The van der Waals surface area contributed by atoms with Gasteiger partial charge in [-0.2, -0.15) is 0 Å². The smallest absolute Gasteiger partial charge is 0.243 e. The Balaban J connectivity index is 1.76. The molecule has 34 heavy (non-hydrogen) atoms. The third-order valence-electron chi connectivity index (χ3n) is 6.47. The van der Waals surface area contributed by atoms with Crippen molar-refractivity contribution in [2.45, 2.75) is 76.8 Å². The van der Waals surface area contributed by atoms with E-state index in [1.807, 2.05) is 19.1 Å². The Hall–Kier alpha value is -1.69. The molecule has 1 atom stereocenters. The van der Waals surface area contributed by atoms with Crippen LogP contribution < -0.4 is 5.32 Å². The molecule has 0 spiro atoms. The molecule has 3 rings (SSSR count). The van der Waals surface area contributed by atoms with Crippen LogP contribution in [0.4, 0.5) is 0 Å². The fourth-order valence-corrected chi connectivity index (χ4v) is 5.92. The highest BCUT2D eigenvalue weighted by Crippen LogP contribution is 2.28. The minimum Gasteiger partial charge on any atom is -0.352 e. The van der Waals surface area contributed by atoms with Gasteiger partial charge in [0.15, 0.2) is 0 Å². The van der Waals surface area contributed by atoms with Crippen LogP contribution >= 0.6 is 35.0 Å². The first-order valence-electron chi connectivity index (χ1n) is 12.1. The predicted molar refractivity (Wildman–Crippen MR) is 143 cm³/mol. The molecule has 2 amide bonds. The molecule has 0 bridgehead atoms. The van der Waals surface area contributed by atoms with Gasteiger partial charge in [-0.05, 0) is 49.4 Å². The summed E-state index contributed by atoms with van der Waals surface area (Å²) in [6.07, 6.45) is 6.01. The lowest BCUT2D eigenvalue weighted by Crippen LogP contribution is -2.52. The Morgan fingerprint density at radius 1 is 1.06 bits per heavy atom. The Bertz CT molecular complexity index is 959. The topological polar surface area (TPSA) is 49.4 Å². The van der Waals surface area contributed by atoms with Gasteiger partial charge in [-0.3, -0.25) is 9.59 Å². The van der Waals surface area contributed by atoms with Crippen LogP contribution in [0.2, 0.25) is 10.0 Å². The summed E-state index contributed by atoms with van der Waals surface area (Å²) in [5, 5.41) is 4.20. The molecule has 0 radical (unpaired) electrons. The number of halogens is 2. The highest BCUT2D eigenvalue weighted by Gasteiger charge is 2.31. The molecular formula is C27H34Cl2N2O2S. The summed E-state index contributed by atoms with van der Waals surface area (Å²) in [7, 11) is 0. The molecule has 2 aromatic carbocycles. The average Bonchev–Trinajstić information content (AvgIpc) is 2.82. The minimum atomic E-state index is -0.569. The molecule has 1 aliphatic carbocycles. The van der Waals surface area contributed by atoms with Gasteiger partial charge in [-0.25, -0.2) is 0 Å². The summed E-state index contributed by atoms with van der Waals surface area (Å²) < 4.78 is 0. The summed E-state index contributed by atoms with van der Waals surface area (Å²) >= 11 is 14.4. The molecule has 4 nitrogen and oxygen atoms in total. The van der Waals surface area contributed by atoms with Gasteiger partial charge in [0.1, 0.15) is 6.04 Å². The Kier molecular flexibility index (Phi) is 10.6. The number of thioether (sulfide) groups is 1. The van der Waals surface area contributed by atoms with E-state index < -0.39 is 6.04 Å². The number of amides is 2. The van der Waals surface area contributed by atoms with Crippen molar-refractivity contribution in [3.8, 4) is 0 Å². The quantitative estimate of drug-likeness (QED) is 0.375. The normalized spacial score (nSPS) is 15.1. The lowest BCUT2D eigenvalue weighted by molar-refractivity contribution is -0.139. The molecule has 1 fully saturated rings. The molecule has 2 aromatic rings. The maximum absolute atomic E-state index is 13.5. The van der Waals surface area contributed by atoms with Gasteiger partial charge in [0.05, 0.1) is 5.75 Å². The second-order valence-corrected chi connectivity index (χ2v) is 10.7.